The van der Waals surface area contributed by atoms with Gasteiger partial charge in [-0.2, -0.15) is 0 Å². The van der Waals surface area contributed by atoms with Gasteiger partial charge in [0.05, 0.1) is 23.9 Å². The van der Waals surface area contributed by atoms with Crippen LogP contribution in [0.2, 0.25) is 0 Å². The van der Waals surface area contributed by atoms with Gasteiger partial charge in [0.2, 0.25) is 5.91 Å². The SMILES string of the molecule is COc1ccc2nc(SCC(=O)NC(=O)NC(C)C)[nH]c2c1. The van der Waals surface area contributed by atoms with E-state index >= 15 is 0 Å². The van der Waals surface area contributed by atoms with Crippen molar-refractivity contribution in [2.24, 2.45) is 0 Å². The van der Waals surface area contributed by atoms with Crippen LogP contribution in [0.5, 0.6) is 5.75 Å². The topological polar surface area (TPSA) is 96.1 Å². The van der Waals surface area contributed by atoms with Crippen molar-refractivity contribution in [3.63, 3.8) is 0 Å². The summed E-state index contributed by atoms with van der Waals surface area (Å²) in [4.78, 5) is 30.5. The van der Waals surface area contributed by atoms with Gasteiger partial charge in [0, 0.05) is 12.1 Å². The largest absolute Gasteiger partial charge is 0.497 e. The summed E-state index contributed by atoms with van der Waals surface area (Å²) >= 11 is 1.23. The number of thioether (sulfide) groups is 1. The molecule has 118 valence electrons. The van der Waals surface area contributed by atoms with Gasteiger partial charge in [-0.3, -0.25) is 10.1 Å². The zero-order valence-electron chi connectivity index (χ0n) is 12.6. The number of imidazole rings is 1. The first-order valence-electron chi connectivity index (χ1n) is 6.75. The molecule has 0 bridgehead atoms. The monoisotopic (exact) mass is 322 g/mol. The van der Waals surface area contributed by atoms with Crippen LogP contribution in [-0.2, 0) is 4.79 Å². The number of rotatable bonds is 5. The molecular formula is C14H18N4O3S. The molecule has 22 heavy (non-hydrogen) atoms. The number of aromatic amines is 1. The van der Waals surface area contributed by atoms with E-state index in [9.17, 15) is 9.59 Å². The molecule has 0 unspecified atom stereocenters. The van der Waals surface area contributed by atoms with Gasteiger partial charge in [0.1, 0.15) is 5.75 Å². The molecule has 0 aliphatic carbocycles. The Bertz CT molecular complexity index is 684. The number of carbonyl (C=O) groups is 2. The molecule has 7 nitrogen and oxygen atoms in total. The summed E-state index contributed by atoms with van der Waals surface area (Å²) in [5.41, 5.74) is 1.63. The lowest BCUT2D eigenvalue weighted by molar-refractivity contribution is -0.117. The molecular weight excluding hydrogens is 304 g/mol. The number of imide groups is 1. The molecule has 1 aromatic carbocycles. The molecule has 0 fully saturated rings. The highest BCUT2D eigenvalue weighted by Crippen LogP contribution is 2.22. The van der Waals surface area contributed by atoms with Crippen molar-refractivity contribution in [2.45, 2.75) is 25.0 Å². The lowest BCUT2D eigenvalue weighted by Crippen LogP contribution is -2.43. The van der Waals surface area contributed by atoms with Crippen LogP contribution in [0, 0.1) is 0 Å². The van der Waals surface area contributed by atoms with Gasteiger partial charge >= 0.3 is 6.03 Å². The number of methoxy groups -OCH3 is 1. The van der Waals surface area contributed by atoms with E-state index in [0.29, 0.717) is 5.16 Å². The van der Waals surface area contributed by atoms with Crippen LogP contribution in [0.25, 0.3) is 11.0 Å². The van der Waals surface area contributed by atoms with Gasteiger partial charge in [-0.1, -0.05) is 11.8 Å². The van der Waals surface area contributed by atoms with E-state index in [4.69, 9.17) is 4.74 Å². The van der Waals surface area contributed by atoms with Gasteiger partial charge in [0.25, 0.3) is 0 Å². The number of amides is 3. The Morgan fingerprint density at radius 3 is 2.86 bits per heavy atom. The van der Waals surface area contributed by atoms with Gasteiger partial charge < -0.3 is 15.0 Å². The maximum absolute atomic E-state index is 11.7. The zero-order valence-corrected chi connectivity index (χ0v) is 13.4. The number of H-pyrrole nitrogens is 1. The van der Waals surface area contributed by atoms with Crippen molar-refractivity contribution in [1.29, 1.82) is 0 Å². The minimum atomic E-state index is -0.491. The van der Waals surface area contributed by atoms with Crippen LogP contribution in [0.1, 0.15) is 13.8 Å². The Labute approximate surface area is 132 Å². The average molecular weight is 322 g/mol. The molecule has 2 rings (SSSR count). The first-order valence-corrected chi connectivity index (χ1v) is 7.73. The highest BCUT2D eigenvalue weighted by Gasteiger charge is 2.11. The van der Waals surface area contributed by atoms with Gasteiger partial charge in [-0.15, -0.1) is 0 Å². The van der Waals surface area contributed by atoms with E-state index in [1.54, 1.807) is 7.11 Å². The maximum Gasteiger partial charge on any atom is 0.321 e. The summed E-state index contributed by atoms with van der Waals surface area (Å²) in [5, 5.41) is 5.46. The average Bonchev–Trinajstić information content (AvgIpc) is 2.85. The van der Waals surface area contributed by atoms with Crippen molar-refractivity contribution in [1.82, 2.24) is 20.6 Å². The molecule has 2 aromatic rings. The molecule has 3 N–H and O–H groups in total. The molecule has 8 heteroatoms. The lowest BCUT2D eigenvalue weighted by atomic mass is 10.3. The van der Waals surface area contributed by atoms with Crippen molar-refractivity contribution in [3.8, 4) is 5.75 Å². The Kier molecular flexibility index (Phi) is 5.26. The molecule has 0 spiro atoms. The number of hydrogen-bond acceptors (Lipinski definition) is 5. The number of benzene rings is 1. The van der Waals surface area contributed by atoms with Crippen LogP contribution in [0.4, 0.5) is 4.79 Å². The summed E-state index contributed by atoms with van der Waals surface area (Å²) in [6.45, 7) is 3.64. The number of hydrogen-bond donors (Lipinski definition) is 3. The van der Waals surface area contributed by atoms with Gasteiger partial charge in [-0.05, 0) is 26.0 Å². The highest BCUT2D eigenvalue weighted by atomic mass is 32.2. The minimum absolute atomic E-state index is 0.0224. The summed E-state index contributed by atoms with van der Waals surface area (Å²) in [6, 6.07) is 4.98. The third-order valence-corrected chi connectivity index (χ3v) is 3.55. The number of fused-ring (bicyclic) bond motifs is 1. The second-order valence-corrected chi connectivity index (χ2v) is 5.85. The minimum Gasteiger partial charge on any atom is -0.497 e. The van der Waals surface area contributed by atoms with E-state index in [1.807, 2.05) is 32.0 Å². The number of urea groups is 1. The number of carbonyl (C=O) groups excluding carboxylic acids is 2. The second-order valence-electron chi connectivity index (χ2n) is 4.89. The number of nitrogens with one attached hydrogen (secondary N) is 3. The van der Waals surface area contributed by atoms with Crippen LogP contribution in [0.3, 0.4) is 0 Å². The van der Waals surface area contributed by atoms with Gasteiger partial charge in [-0.25, -0.2) is 9.78 Å². The van der Waals surface area contributed by atoms with Crippen LogP contribution in [-0.4, -0.2) is 40.8 Å². The predicted molar refractivity (Wildman–Crippen MR) is 85.2 cm³/mol. The smallest absolute Gasteiger partial charge is 0.321 e. The fraction of sp³-hybridized carbons (Fsp3) is 0.357. The number of nitrogens with zero attached hydrogens (tertiary/aromatic N) is 1. The quantitative estimate of drug-likeness (QED) is 0.731. The fourth-order valence-electron chi connectivity index (χ4n) is 1.76. The number of ether oxygens (including phenoxy) is 1. The zero-order chi connectivity index (χ0) is 16.1. The molecule has 3 amide bonds. The van der Waals surface area contributed by atoms with Crippen LogP contribution < -0.4 is 15.4 Å². The third-order valence-electron chi connectivity index (χ3n) is 2.68. The van der Waals surface area contributed by atoms with Crippen molar-refractivity contribution in [2.75, 3.05) is 12.9 Å². The Balaban J connectivity index is 1.91. The fourth-order valence-corrected chi connectivity index (χ4v) is 2.44. The van der Waals surface area contributed by atoms with E-state index in [-0.39, 0.29) is 17.7 Å². The van der Waals surface area contributed by atoms with Crippen molar-refractivity contribution < 1.29 is 14.3 Å². The molecule has 0 aliphatic heterocycles. The van der Waals surface area contributed by atoms with Gasteiger partial charge in [0.15, 0.2) is 5.16 Å². The summed E-state index contributed by atoms with van der Waals surface area (Å²) in [5.74, 6) is 0.458. The first kappa shape index (κ1) is 16.2. The molecule has 0 saturated heterocycles. The molecule has 0 saturated carbocycles. The van der Waals surface area contributed by atoms with E-state index in [0.717, 1.165) is 16.8 Å². The first-order chi connectivity index (χ1) is 10.5. The molecule has 0 aliphatic rings. The maximum atomic E-state index is 11.7. The summed E-state index contributed by atoms with van der Waals surface area (Å²) in [7, 11) is 1.60. The van der Waals surface area contributed by atoms with Crippen LogP contribution in [0.15, 0.2) is 23.4 Å². The lowest BCUT2D eigenvalue weighted by Gasteiger charge is -2.08. The van der Waals surface area contributed by atoms with E-state index in [1.165, 1.54) is 11.8 Å². The third kappa shape index (κ3) is 4.39. The second kappa shape index (κ2) is 7.17. The predicted octanol–water partition coefficient (Wildman–Crippen LogP) is 1.90. The Hall–Kier alpha value is -2.22. The standard InChI is InChI=1S/C14H18N4O3S/c1-8(2)15-13(20)18-12(19)7-22-14-16-10-5-4-9(21-3)6-11(10)17-14/h4-6,8H,7H2,1-3H3,(H,16,17)(H2,15,18,19,20). The summed E-state index contributed by atoms with van der Waals surface area (Å²) < 4.78 is 5.14. The van der Waals surface area contributed by atoms with E-state index < -0.39 is 6.03 Å². The number of aromatic nitrogens is 2. The summed E-state index contributed by atoms with van der Waals surface area (Å²) in [6.07, 6.45) is 0. The van der Waals surface area contributed by atoms with Crippen molar-refractivity contribution in [3.05, 3.63) is 18.2 Å². The molecule has 1 heterocycles. The normalized spacial score (nSPS) is 10.7. The van der Waals surface area contributed by atoms with Crippen LogP contribution >= 0.6 is 11.8 Å². The molecule has 0 atom stereocenters. The van der Waals surface area contributed by atoms with E-state index in [2.05, 4.69) is 20.6 Å². The highest BCUT2D eigenvalue weighted by molar-refractivity contribution is 7.99. The Morgan fingerprint density at radius 1 is 1.41 bits per heavy atom. The Morgan fingerprint density at radius 2 is 2.18 bits per heavy atom. The molecule has 0 radical (unpaired) electrons. The van der Waals surface area contributed by atoms with Crippen molar-refractivity contribution >= 4 is 34.7 Å². The molecule has 1 aromatic heterocycles.